The van der Waals surface area contributed by atoms with Crippen molar-refractivity contribution in [3.63, 3.8) is 0 Å². The molecule has 7 heteroatoms. The number of piperidine rings is 1. The molecule has 0 aliphatic carbocycles. The molecule has 1 atom stereocenters. The predicted octanol–water partition coefficient (Wildman–Crippen LogP) is 2.20. The number of aryl methyl sites for hydroxylation is 2. The second-order valence-corrected chi connectivity index (χ2v) is 7.10. The third-order valence-electron chi connectivity index (χ3n) is 5.20. The third kappa shape index (κ3) is 3.49. The first-order chi connectivity index (χ1) is 13.1. The second kappa shape index (κ2) is 7.34. The number of amides is 1. The lowest BCUT2D eigenvalue weighted by atomic mass is 9.97. The molecule has 7 nitrogen and oxygen atoms in total. The summed E-state index contributed by atoms with van der Waals surface area (Å²) in [6.07, 6.45) is 7.22. The van der Waals surface area contributed by atoms with Gasteiger partial charge in [-0.2, -0.15) is 5.10 Å². The number of pyridine rings is 2. The molecule has 3 aromatic heterocycles. The van der Waals surface area contributed by atoms with Gasteiger partial charge < -0.3 is 10.2 Å². The number of hydrogen-bond donors (Lipinski definition) is 1. The summed E-state index contributed by atoms with van der Waals surface area (Å²) < 4.78 is 1.89. The number of nitrogens with one attached hydrogen (secondary N) is 1. The number of fused-ring (bicyclic) bond motifs is 1. The van der Waals surface area contributed by atoms with Crippen molar-refractivity contribution in [1.82, 2.24) is 25.1 Å². The normalized spacial score (nSPS) is 17.3. The van der Waals surface area contributed by atoms with Gasteiger partial charge in [0, 0.05) is 50.7 Å². The first-order valence-electron chi connectivity index (χ1n) is 9.33. The summed E-state index contributed by atoms with van der Waals surface area (Å²) >= 11 is 0. The van der Waals surface area contributed by atoms with Crippen molar-refractivity contribution in [2.75, 3.05) is 18.0 Å². The molecule has 0 aromatic carbocycles. The minimum Gasteiger partial charge on any atom is -0.354 e. The van der Waals surface area contributed by atoms with E-state index in [9.17, 15) is 4.79 Å². The lowest BCUT2D eigenvalue weighted by Gasteiger charge is -2.33. The Labute approximate surface area is 158 Å². The van der Waals surface area contributed by atoms with Crippen molar-refractivity contribution in [2.45, 2.75) is 26.3 Å². The Balaban J connectivity index is 1.49. The predicted molar refractivity (Wildman–Crippen MR) is 104 cm³/mol. The molecular weight excluding hydrogens is 340 g/mol. The van der Waals surface area contributed by atoms with Gasteiger partial charge in [-0.1, -0.05) is 6.07 Å². The summed E-state index contributed by atoms with van der Waals surface area (Å²) in [6, 6.07) is 5.85. The van der Waals surface area contributed by atoms with E-state index < -0.39 is 0 Å². The average Bonchev–Trinajstić information content (AvgIpc) is 3.01. The van der Waals surface area contributed by atoms with E-state index in [1.54, 1.807) is 12.4 Å². The largest absolute Gasteiger partial charge is 0.354 e. The van der Waals surface area contributed by atoms with Gasteiger partial charge >= 0.3 is 0 Å². The highest BCUT2D eigenvalue weighted by Crippen LogP contribution is 2.29. The summed E-state index contributed by atoms with van der Waals surface area (Å²) in [6.45, 7) is 4.10. The summed E-state index contributed by atoms with van der Waals surface area (Å²) in [5.74, 6) is 0.971. The van der Waals surface area contributed by atoms with Crippen LogP contribution in [-0.2, 0) is 18.4 Å². The van der Waals surface area contributed by atoms with Crippen molar-refractivity contribution in [2.24, 2.45) is 13.0 Å². The van der Waals surface area contributed by atoms with Gasteiger partial charge in [0.05, 0.1) is 11.6 Å². The molecule has 1 aliphatic heterocycles. The van der Waals surface area contributed by atoms with E-state index in [0.717, 1.165) is 47.4 Å². The molecule has 0 radical (unpaired) electrons. The standard InChI is InChI=1S/C20H24N6O/c1-14-17-7-9-22-19(18(17)25(2)24-14)26-10-4-6-16(13-26)20(27)23-12-15-5-3-8-21-11-15/h3,5,7-9,11,16H,4,6,10,12-13H2,1-2H3,(H,23,27). The maximum atomic E-state index is 12.7. The van der Waals surface area contributed by atoms with Crippen molar-refractivity contribution in [3.05, 3.63) is 48.0 Å². The number of aromatic nitrogens is 4. The monoisotopic (exact) mass is 364 g/mol. The van der Waals surface area contributed by atoms with Gasteiger partial charge in [0.2, 0.25) is 5.91 Å². The number of carbonyl (C=O) groups excluding carboxylic acids is 1. The zero-order valence-corrected chi connectivity index (χ0v) is 15.7. The van der Waals surface area contributed by atoms with Crippen LogP contribution in [0.15, 0.2) is 36.8 Å². The average molecular weight is 364 g/mol. The summed E-state index contributed by atoms with van der Waals surface area (Å²) in [5, 5.41) is 8.69. The van der Waals surface area contributed by atoms with Crippen LogP contribution in [0.1, 0.15) is 24.1 Å². The molecule has 1 aliphatic rings. The molecule has 0 bridgehead atoms. The van der Waals surface area contributed by atoms with Crippen LogP contribution in [0, 0.1) is 12.8 Å². The summed E-state index contributed by atoms with van der Waals surface area (Å²) in [4.78, 5) is 23.6. The first kappa shape index (κ1) is 17.5. The molecule has 1 N–H and O–H groups in total. The van der Waals surface area contributed by atoms with Crippen molar-refractivity contribution < 1.29 is 4.79 Å². The van der Waals surface area contributed by atoms with Crippen LogP contribution in [0.3, 0.4) is 0 Å². The van der Waals surface area contributed by atoms with Crippen LogP contribution in [0.2, 0.25) is 0 Å². The number of nitrogens with zero attached hydrogens (tertiary/aromatic N) is 5. The Morgan fingerprint density at radius 2 is 2.22 bits per heavy atom. The molecule has 0 saturated carbocycles. The summed E-state index contributed by atoms with van der Waals surface area (Å²) in [7, 11) is 1.95. The zero-order valence-electron chi connectivity index (χ0n) is 15.7. The Kier molecular flexibility index (Phi) is 4.75. The molecule has 1 amide bonds. The zero-order chi connectivity index (χ0) is 18.8. The van der Waals surface area contributed by atoms with Crippen molar-refractivity contribution in [3.8, 4) is 0 Å². The van der Waals surface area contributed by atoms with Crippen LogP contribution >= 0.6 is 0 Å². The fourth-order valence-corrected chi connectivity index (χ4v) is 3.83. The highest BCUT2D eigenvalue weighted by Gasteiger charge is 2.28. The van der Waals surface area contributed by atoms with Crippen molar-refractivity contribution in [1.29, 1.82) is 0 Å². The molecule has 0 spiro atoms. The molecular formula is C20H24N6O. The van der Waals surface area contributed by atoms with Gasteiger partial charge in [-0.25, -0.2) is 4.98 Å². The van der Waals surface area contributed by atoms with E-state index in [1.165, 1.54) is 0 Å². The molecule has 1 unspecified atom stereocenters. The van der Waals surface area contributed by atoms with E-state index in [0.29, 0.717) is 13.1 Å². The van der Waals surface area contributed by atoms with Gasteiger partial charge in [0.25, 0.3) is 0 Å². The minimum atomic E-state index is -0.0400. The van der Waals surface area contributed by atoms with E-state index in [2.05, 4.69) is 25.3 Å². The maximum Gasteiger partial charge on any atom is 0.225 e. The van der Waals surface area contributed by atoms with E-state index >= 15 is 0 Å². The van der Waals surface area contributed by atoms with Crippen LogP contribution < -0.4 is 10.2 Å². The molecule has 1 saturated heterocycles. The molecule has 27 heavy (non-hydrogen) atoms. The Hall–Kier alpha value is -2.96. The topological polar surface area (TPSA) is 75.9 Å². The molecule has 140 valence electrons. The fraction of sp³-hybridized carbons (Fsp3) is 0.400. The van der Waals surface area contributed by atoms with Crippen LogP contribution in [-0.4, -0.2) is 38.7 Å². The van der Waals surface area contributed by atoms with Gasteiger partial charge in [-0.15, -0.1) is 0 Å². The van der Waals surface area contributed by atoms with Gasteiger partial charge in [0.15, 0.2) is 5.82 Å². The molecule has 3 aromatic rings. The Morgan fingerprint density at radius 3 is 3.04 bits per heavy atom. The number of hydrogen-bond acceptors (Lipinski definition) is 5. The van der Waals surface area contributed by atoms with E-state index in [4.69, 9.17) is 0 Å². The maximum absolute atomic E-state index is 12.7. The van der Waals surface area contributed by atoms with Crippen LogP contribution in [0.5, 0.6) is 0 Å². The minimum absolute atomic E-state index is 0.0400. The molecule has 1 fully saturated rings. The number of rotatable bonds is 4. The van der Waals surface area contributed by atoms with Gasteiger partial charge in [-0.05, 0) is 37.5 Å². The first-order valence-corrected chi connectivity index (χ1v) is 9.33. The Morgan fingerprint density at radius 1 is 1.33 bits per heavy atom. The van der Waals surface area contributed by atoms with Crippen LogP contribution in [0.25, 0.3) is 10.9 Å². The fourth-order valence-electron chi connectivity index (χ4n) is 3.83. The number of anilines is 1. The quantitative estimate of drug-likeness (QED) is 0.768. The smallest absolute Gasteiger partial charge is 0.225 e. The molecule has 4 rings (SSSR count). The van der Waals surface area contributed by atoms with E-state index in [1.807, 2.05) is 43.0 Å². The molecule has 4 heterocycles. The summed E-state index contributed by atoms with van der Waals surface area (Å²) in [5.41, 5.74) is 3.04. The third-order valence-corrected chi connectivity index (χ3v) is 5.20. The van der Waals surface area contributed by atoms with Gasteiger partial charge in [-0.3, -0.25) is 14.5 Å². The Bertz CT molecular complexity index is 952. The number of carbonyl (C=O) groups is 1. The van der Waals surface area contributed by atoms with Crippen molar-refractivity contribution >= 4 is 22.6 Å². The lowest BCUT2D eigenvalue weighted by Crippen LogP contribution is -2.43. The van der Waals surface area contributed by atoms with Gasteiger partial charge in [0.1, 0.15) is 5.52 Å². The second-order valence-electron chi connectivity index (χ2n) is 7.10. The van der Waals surface area contributed by atoms with Crippen LogP contribution in [0.4, 0.5) is 5.82 Å². The highest BCUT2D eigenvalue weighted by molar-refractivity contribution is 5.91. The highest BCUT2D eigenvalue weighted by atomic mass is 16.1. The lowest BCUT2D eigenvalue weighted by molar-refractivity contribution is -0.125. The SMILES string of the molecule is Cc1nn(C)c2c(N3CCCC(C(=O)NCc4cccnc4)C3)nccc12. The van der Waals surface area contributed by atoms with E-state index in [-0.39, 0.29) is 11.8 Å².